The highest BCUT2D eigenvalue weighted by Crippen LogP contribution is 2.49. The second-order valence-corrected chi connectivity index (χ2v) is 6.74. The summed E-state index contributed by atoms with van der Waals surface area (Å²) in [5.74, 6) is 2.86. The van der Waals surface area contributed by atoms with Crippen molar-refractivity contribution in [3.05, 3.63) is 0 Å². The third-order valence-electron chi connectivity index (χ3n) is 5.72. The fourth-order valence-electron chi connectivity index (χ4n) is 4.78. The Balaban J connectivity index is 1.65. The number of ketones is 1. The minimum atomic E-state index is -0.0883. The molecule has 0 amide bonds. The van der Waals surface area contributed by atoms with Crippen molar-refractivity contribution in [2.45, 2.75) is 63.9 Å². The molecule has 2 heteroatoms. The van der Waals surface area contributed by atoms with Crippen LogP contribution < -0.4 is 0 Å². The largest absolute Gasteiger partial charge is 0.373 e. The Morgan fingerprint density at radius 1 is 1.06 bits per heavy atom. The Labute approximate surface area is 110 Å². The van der Waals surface area contributed by atoms with E-state index in [1.54, 1.807) is 7.11 Å². The van der Waals surface area contributed by atoms with Crippen LogP contribution in [-0.4, -0.2) is 19.0 Å². The van der Waals surface area contributed by atoms with Gasteiger partial charge in [-0.25, -0.2) is 0 Å². The Bertz CT molecular complexity index is 306. The monoisotopic (exact) mass is 250 g/mol. The second-order valence-electron chi connectivity index (χ2n) is 6.74. The van der Waals surface area contributed by atoms with Crippen LogP contribution in [0.15, 0.2) is 0 Å². The molecule has 0 aromatic carbocycles. The molecule has 0 aliphatic heterocycles. The van der Waals surface area contributed by atoms with Crippen LogP contribution in [0.25, 0.3) is 0 Å². The van der Waals surface area contributed by atoms with Crippen LogP contribution >= 0.6 is 0 Å². The normalized spacial score (nSPS) is 37.9. The third kappa shape index (κ3) is 2.24. The van der Waals surface area contributed by atoms with Crippen LogP contribution in [0.1, 0.15) is 57.8 Å². The fourth-order valence-corrected chi connectivity index (χ4v) is 4.78. The standard InChI is InChI=1S/C16H26O2/c1-18-16(12-5-3-2-4-6-12)15(17)14-10-11-7-8-13(14)9-11/h11-14,16H,2-10H2,1H3. The van der Waals surface area contributed by atoms with Crippen molar-refractivity contribution in [2.75, 3.05) is 7.11 Å². The van der Waals surface area contributed by atoms with Crippen molar-refractivity contribution >= 4 is 5.78 Å². The highest BCUT2D eigenvalue weighted by atomic mass is 16.5. The third-order valence-corrected chi connectivity index (χ3v) is 5.72. The summed E-state index contributed by atoms with van der Waals surface area (Å²) in [7, 11) is 1.74. The van der Waals surface area contributed by atoms with Crippen molar-refractivity contribution in [1.29, 1.82) is 0 Å². The SMILES string of the molecule is COC(C(=O)C1CC2CCC1C2)C1CCCCC1. The number of hydrogen-bond acceptors (Lipinski definition) is 2. The van der Waals surface area contributed by atoms with E-state index in [1.165, 1.54) is 51.4 Å². The lowest BCUT2D eigenvalue weighted by Crippen LogP contribution is -2.38. The van der Waals surface area contributed by atoms with Gasteiger partial charge in [-0.3, -0.25) is 4.79 Å². The first-order chi connectivity index (χ1) is 8.79. The van der Waals surface area contributed by atoms with Gasteiger partial charge in [0, 0.05) is 13.0 Å². The average molecular weight is 250 g/mol. The summed E-state index contributed by atoms with van der Waals surface area (Å²) in [5.41, 5.74) is 0. The van der Waals surface area contributed by atoms with E-state index in [0.29, 0.717) is 23.5 Å². The maximum Gasteiger partial charge on any atom is 0.165 e. The average Bonchev–Trinajstić information content (AvgIpc) is 3.03. The molecule has 102 valence electrons. The molecule has 2 nitrogen and oxygen atoms in total. The first kappa shape index (κ1) is 12.7. The molecule has 0 heterocycles. The van der Waals surface area contributed by atoms with Crippen LogP contribution in [-0.2, 0) is 9.53 Å². The summed E-state index contributed by atoms with van der Waals surface area (Å²) < 4.78 is 5.62. The number of carbonyl (C=O) groups is 1. The van der Waals surface area contributed by atoms with E-state index in [4.69, 9.17) is 4.74 Å². The second kappa shape index (κ2) is 5.32. The smallest absolute Gasteiger partial charge is 0.165 e. The molecule has 3 fully saturated rings. The molecule has 0 aromatic heterocycles. The van der Waals surface area contributed by atoms with Gasteiger partial charge in [0.25, 0.3) is 0 Å². The summed E-state index contributed by atoms with van der Waals surface area (Å²) in [4.78, 5) is 12.7. The lowest BCUT2D eigenvalue weighted by Gasteiger charge is -2.32. The Hall–Kier alpha value is -0.370. The zero-order chi connectivity index (χ0) is 12.5. The predicted molar refractivity (Wildman–Crippen MR) is 71.3 cm³/mol. The lowest BCUT2D eigenvalue weighted by atomic mass is 9.77. The van der Waals surface area contributed by atoms with Gasteiger partial charge in [0.05, 0.1) is 0 Å². The molecule has 0 saturated heterocycles. The maximum atomic E-state index is 12.7. The van der Waals surface area contributed by atoms with Crippen LogP contribution in [0.4, 0.5) is 0 Å². The summed E-state index contributed by atoms with van der Waals surface area (Å²) in [6.45, 7) is 0. The van der Waals surface area contributed by atoms with Gasteiger partial charge in [0.2, 0.25) is 0 Å². The molecule has 4 unspecified atom stereocenters. The Kier molecular flexibility index (Phi) is 3.74. The van der Waals surface area contributed by atoms with Gasteiger partial charge in [-0.05, 0) is 49.9 Å². The van der Waals surface area contributed by atoms with E-state index in [9.17, 15) is 4.79 Å². The number of methoxy groups -OCH3 is 1. The number of fused-ring (bicyclic) bond motifs is 2. The maximum absolute atomic E-state index is 12.7. The van der Waals surface area contributed by atoms with E-state index >= 15 is 0 Å². The molecule has 3 saturated carbocycles. The fraction of sp³-hybridized carbons (Fsp3) is 0.938. The van der Waals surface area contributed by atoms with Gasteiger partial charge in [-0.15, -0.1) is 0 Å². The Morgan fingerprint density at radius 2 is 1.83 bits per heavy atom. The van der Waals surface area contributed by atoms with Gasteiger partial charge >= 0.3 is 0 Å². The lowest BCUT2D eigenvalue weighted by molar-refractivity contribution is -0.138. The molecule has 0 aromatic rings. The molecular weight excluding hydrogens is 224 g/mol. The van der Waals surface area contributed by atoms with E-state index < -0.39 is 0 Å². The molecule has 0 spiro atoms. The summed E-state index contributed by atoms with van der Waals surface area (Å²) in [5, 5.41) is 0. The Morgan fingerprint density at radius 3 is 2.39 bits per heavy atom. The van der Waals surface area contributed by atoms with E-state index in [2.05, 4.69) is 0 Å². The zero-order valence-corrected chi connectivity index (χ0v) is 11.6. The summed E-state index contributed by atoms with van der Waals surface area (Å²) >= 11 is 0. The van der Waals surface area contributed by atoms with Gasteiger partial charge in [0.1, 0.15) is 6.10 Å². The van der Waals surface area contributed by atoms with Gasteiger partial charge < -0.3 is 4.74 Å². The molecule has 0 N–H and O–H groups in total. The van der Waals surface area contributed by atoms with Crippen molar-refractivity contribution in [3.63, 3.8) is 0 Å². The number of hydrogen-bond donors (Lipinski definition) is 0. The zero-order valence-electron chi connectivity index (χ0n) is 11.6. The molecule has 4 atom stereocenters. The first-order valence-electron chi connectivity index (χ1n) is 7.86. The van der Waals surface area contributed by atoms with E-state index in [1.807, 2.05) is 0 Å². The minimum Gasteiger partial charge on any atom is -0.373 e. The number of Topliss-reactive ketones (excluding diaryl/α,β-unsaturated/α-hetero) is 1. The van der Waals surface area contributed by atoms with Crippen LogP contribution in [0.5, 0.6) is 0 Å². The van der Waals surface area contributed by atoms with Crippen molar-refractivity contribution in [1.82, 2.24) is 0 Å². The molecule has 3 rings (SSSR count). The highest BCUT2D eigenvalue weighted by Gasteiger charge is 2.46. The predicted octanol–water partition coefficient (Wildman–Crippen LogP) is 3.59. The van der Waals surface area contributed by atoms with Crippen molar-refractivity contribution in [3.8, 4) is 0 Å². The molecule has 3 aliphatic carbocycles. The van der Waals surface area contributed by atoms with Crippen molar-refractivity contribution < 1.29 is 9.53 Å². The molecular formula is C16H26O2. The molecule has 0 radical (unpaired) electrons. The van der Waals surface area contributed by atoms with Crippen LogP contribution in [0, 0.1) is 23.7 Å². The summed E-state index contributed by atoms with van der Waals surface area (Å²) in [6, 6.07) is 0. The quantitative estimate of drug-likeness (QED) is 0.762. The molecule has 3 aliphatic rings. The minimum absolute atomic E-state index is 0.0883. The van der Waals surface area contributed by atoms with E-state index in [0.717, 1.165) is 12.3 Å². The highest BCUT2D eigenvalue weighted by molar-refractivity contribution is 5.86. The summed E-state index contributed by atoms with van der Waals surface area (Å²) in [6.07, 6.45) is 11.4. The molecule has 2 bridgehead atoms. The van der Waals surface area contributed by atoms with Gasteiger partial charge in [-0.2, -0.15) is 0 Å². The van der Waals surface area contributed by atoms with Gasteiger partial charge in [-0.1, -0.05) is 25.7 Å². The van der Waals surface area contributed by atoms with Crippen molar-refractivity contribution in [2.24, 2.45) is 23.7 Å². The van der Waals surface area contributed by atoms with Gasteiger partial charge in [0.15, 0.2) is 5.78 Å². The van der Waals surface area contributed by atoms with E-state index in [-0.39, 0.29) is 6.10 Å². The van der Waals surface area contributed by atoms with Crippen LogP contribution in [0.3, 0.4) is 0 Å². The van der Waals surface area contributed by atoms with Crippen LogP contribution in [0.2, 0.25) is 0 Å². The number of rotatable bonds is 4. The molecule has 18 heavy (non-hydrogen) atoms. The first-order valence-corrected chi connectivity index (χ1v) is 7.86. The number of ether oxygens (including phenoxy) is 1. The number of carbonyl (C=O) groups excluding carboxylic acids is 1. The topological polar surface area (TPSA) is 26.3 Å².